The Balaban J connectivity index is 1.83. The van der Waals surface area contributed by atoms with Gasteiger partial charge in [0.2, 0.25) is 0 Å². The second-order valence-electron chi connectivity index (χ2n) is 5.64. The Kier molecular flexibility index (Phi) is 3.51. The van der Waals surface area contributed by atoms with Crippen molar-refractivity contribution >= 4 is 23.3 Å². The fourth-order valence-electron chi connectivity index (χ4n) is 3.11. The van der Waals surface area contributed by atoms with Gasteiger partial charge in [0.05, 0.1) is 5.92 Å². The second-order valence-corrected chi connectivity index (χ2v) is 5.64. The minimum atomic E-state index is -0.471. The van der Waals surface area contributed by atoms with Crippen LogP contribution < -0.4 is 0 Å². The molecule has 2 fully saturated rings. The third-order valence-electron chi connectivity index (χ3n) is 4.24. The molecule has 0 aromatic heterocycles. The fraction of sp³-hybridized carbons (Fsp3) is 0.600. The molecule has 3 aliphatic rings. The number of fused-ring (bicyclic) bond motifs is 1. The highest BCUT2D eigenvalue weighted by Gasteiger charge is 2.35. The van der Waals surface area contributed by atoms with E-state index in [1.54, 1.807) is 11.0 Å². The van der Waals surface area contributed by atoms with Crippen molar-refractivity contribution in [1.82, 2.24) is 4.90 Å². The van der Waals surface area contributed by atoms with E-state index in [9.17, 15) is 14.4 Å². The van der Waals surface area contributed by atoms with Gasteiger partial charge in [-0.3, -0.25) is 14.4 Å². The molecule has 0 aromatic carbocycles. The topological polar surface area (TPSA) is 66.8 Å². The molecule has 0 bridgehead atoms. The molecule has 0 radical (unpaired) electrons. The number of dihydropyridines is 1. The Morgan fingerprint density at radius 1 is 1.10 bits per heavy atom. The smallest absolute Gasteiger partial charge is 0.282 e. The Hall–Kier alpha value is -1.78. The van der Waals surface area contributed by atoms with E-state index in [0.29, 0.717) is 31.6 Å². The van der Waals surface area contributed by atoms with Crippen LogP contribution in [-0.4, -0.2) is 41.3 Å². The highest BCUT2D eigenvalue weighted by Crippen LogP contribution is 2.26. The van der Waals surface area contributed by atoms with Crippen molar-refractivity contribution in [2.24, 2.45) is 10.9 Å². The number of amides is 2. The molecule has 5 heteroatoms. The number of hydrogen-bond donors (Lipinski definition) is 0. The van der Waals surface area contributed by atoms with Crippen LogP contribution in [0.4, 0.5) is 0 Å². The van der Waals surface area contributed by atoms with Gasteiger partial charge in [-0.15, -0.1) is 0 Å². The van der Waals surface area contributed by atoms with Crippen LogP contribution in [0.1, 0.15) is 38.5 Å². The van der Waals surface area contributed by atoms with Gasteiger partial charge in [-0.1, -0.05) is 0 Å². The Labute approximate surface area is 117 Å². The van der Waals surface area contributed by atoms with E-state index in [2.05, 4.69) is 4.99 Å². The lowest BCUT2D eigenvalue weighted by Gasteiger charge is -2.29. The van der Waals surface area contributed by atoms with Gasteiger partial charge in [-0.2, -0.15) is 0 Å². The molecule has 106 valence electrons. The first-order valence-electron chi connectivity index (χ1n) is 7.32. The number of rotatable bonds is 1. The first-order valence-corrected chi connectivity index (χ1v) is 7.32. The maximum absolute atomic E-state index is 12.4. The van der Waals surface area contributed by atoms with Crippen molar-refractivity contribution in [2.75, 3.05) is 13.1 Å². The number of carbonyl (C=O) groups excluding carboxylic acids is 3. The van der Waals surface area contributed by atoms with E-state index in [1.807, 2.05) is 0 Å². The number of likely N-dealkylation sites (tertiary alicyclic amines) is 1. The molecule has 1 saturated carbocycles. The van der Waals surface area contributed by atoms with Crippen LogP contribution in [0.25, 0.3) is 0 Å². The zero-order valence-electron chi connectivity index (χ0n) is 11.4. The third kappa shape index (κ3) is 2.32. The lowest BCUT2D eigenvalue weighted by Crippen LogP contribution is -2.40. The van der Waals surface area contributed by atoms with E-state index in [-0.39, 0.29) is 17.3 Å². The van der Waals surface area contributed by atoms with Crippen LogP contribution in [0.2, 0.25) is 0 Å². The van der Waals surface area contributed by atoms with Crippen LogP contribution in [0.3, 0.4) is 0 Å². The summed E-state index contributed by atoms with van der Waals surface area (Å²) in [6.45, 7) is 1.39. The monoisotopic (exact) mass is 274 g/mol. The fourth-order valence-corrected chi connectivity index (χ4v) is 3.11. The van der Waals surface area contributed by atoms with Gasteiger partial charge in [0.15, 0.2) is 0 Å². The summed E-state index contributed by atoms with van der Waals surface area (Å²) in [7, 11) is 0. The van der Waals surface area contributed by atoms with Crippen LogP contribution in [-0.2, 0) is 14.4 Å². The summed E-state index contributed by atoms with van der Waals surface area (Å²) in [6, 6.07) is 0. The van der Waals surface area contributed by atoms with Crippen molar-refractivity contribution in [3.05, 3.63) is 11.6 Å². The molecular formula is C15H18N2O3. The quantitative estimate of drug-likeness (QED) is 0.676. The molecule has 5 nitrogen and oxygen atoms in total. The van der Waals surface area contributed by atoms with Crippen LogP contribution in [0.15, 0.2) is 16.6 Å². The lowest BCUT2D eigenvalue weighted by atomic mass is 9.82. The number of piperidine rings is 1. The molecule has 1 aliphatic carbocycles. The molecule has 2 amide bonds. The molecule has 0 N–H and O–H groups in total. The number of ketones is 1. The number of hydrogen-bond acceptors (Lipinski definition) is 3. The summed E-state index contributed by atoms with van der Waals surface area (Å²) in [5.74, 6) is -1.09. The Bertz CT molecular complexity index is 527. The molecule has 2 aliphatic heterocycles. The lowest BCUT2D eigenvalue weighted by molar-refractivity contribution is -0.130. The van der Waals surface area contributed by atoms with E-state index in [1.165, 1.54) is 0 Å². The maximum atomic E-state index is 12.4. The first kappa shape index (κ1) is 13.2. The second kappa shape index (κ2) is 5.31. The molecule has 0 aromatic rings. The summed E-state index contributed by atoms with van der Waals surface area (Å²) in [5, 5.41) is 0. The molecule has 3 rings (SSSR count). The number of allylic oxidation sites excluding steroid dienone is 1. The van der Waals surface area contributed by atoms with Crippen molar-refractivity contribution < 1.29 is 14.4 Å². The van der Waals surface area contributed by atoms with Gasteiger partial charge < -0.3 is 4.90 Å². The average molecular weight is 274 g/mol. The summed E-state index contributed by atoms with van der Waals surface area (Å²) in [5.41, 5.74) is 0.734. The third-order valence-corrected chi connectivity index (χ3v) is 4.24. The average Bonchev–Trinajstić information content (AvgIpc) is 2.47. The van der Waals surface area contributed by atoms with Crippen LogP contribution >= 0.6 is 0 Å². The SMILES string of the molecule is O=C1N=C2CCCC(=O)C2C=C1C(=O)N1CCCCC1. The summed E-state index contributed by atoms with van der Waals surface area (Å²) < 4.78 is 0. The minimum Gasteiger partial charge on any atom is -0.338 e. The largest absolute Gasteiger partial charge is 0.338 e. The van der Waals surface area contributed by atoms with E-state index < -0.39 is 11.8 Å². The maximum Gasteiger partial charge on any atom is 0.282 e. The number of nitrogens with zero attached hydrogens (tertiary/aromatic N) is 2. The minimum absolute atomic E-state index is 0.0754. The van der Waals surface area contributed by atoms with Crippen molar-refractivity contribution in [2.45, 2.75) is 38.5 Å². The van der Waals surface area contributed by atoms with E-state index in [0.717, 1.165) is 25.7 Å². The van der Waals surface area contributed by atoms with Gasteiger partial charge >= 0.3 is 0 Å². The van der Waals surface area contributed by atoms with Crippen molar-refractivity contribution in [1.29, 1.82) is 0 Å². The number of aliphatic imine (C=N–C) groups is 1. The van der Waals surface area contributed by atoms with E-state index >= 15 is 0 Å². The van der Waals surface area contributed by atoms with Crippen LogP contribution in [0.5, 0.6) is 0 Å². The number of carbonyl (C=O) groups is 3. The summed E-state index contributed by atoms with van der Waals surface area (Å²) >= 11 is 0. The van der Waals surface area contributed by atoms with E-state index in [4.69, 9.17) is 0 Å². The van der Waals surface area contributed by atoms with Gasteiger partial charge in [-0.05, 0) is 38.2 Å². The predicted octanol–water partition coefficient (Wildman–Crippen LogP) is 1.28. The predicted molar refractivity (Wildman–Crippen MR) is 73.3 cm³/mol. The first-order chi connectivity index (χ1) is 9.66. The summed E-state index contributed by atoms with van der Waals surface area (Å²) in [4.78, 5) is 42.0. The molecule has 2 heterocycles. The zero-order valence-corrected chi connectivity index (χ0v) is 11.4. The number of Topliss-reactive ketones (excluding diaryl/α,β-unsaturated/α-hetero) is 1. The normalized spacial score (nSPS) is 26.8. The molecule has 1 saturated heterocycles. The van der Waals surface area contributed by atoms with Gasteiger partial charge in [-0.25, -0.2) is 4.99 Å². The highest BCUT2D eigenvalue weighted by atomic mass is 16.2. The molecule has 20 heavy (non-hydrogen) atoms. The van der Waals surface area contributed by atoms with Crippen LogP contribution in [0, 0.1) is 5.92 Å². The Morgan fingerprint density at radius 2 is 1.85 bits per heavy atom. The standard InChI is InChI=1S/C15H18N2O3/c18-13-6-4-5-12-10(13)9-11(14(19)16-12)15(20)17-7-2-1-3-8-17/h9-10H,1-8H2. The molecule has 1 atom stereocenters. The van der Waals surface area contributed by atoms with Gasteiger partial charge in [0, 0.05) is 25.2 Å². The zero-order chi connectivity index (χ0) is 14.1. The Morgan fingerprint density at radius 3 is 2.60 bits per heavy atom. The highest BCUT2D eigenvalue weighted by molar-refractivity contribution is 6.26. The van der Waals surface area contributed by atoms with Crippen molar-refractivity contribution in [3.63, 3.8) is 0 Å². The molecule has 1 unspecified atom stereocenters. The summed E-state index contributed by atoms with van der Waals surface area (Å²) in [6.07, 6.45) is 6.59. The van der Waals surface area contributed by atoms with Gasteiger partial charge in [0.25, 0.3) is 11.8 Å². The molecule has 0 spiro atoms. The molecular weight excluding hydrogens is 256 g/mol. The van der Waals surface area contributed by atoms with Gasteiger partial charge in [0.1, 0.15) is 11.4 Å². The van der Waals surface area contributed by atoms with Crippen molar-refractivity contribution in [3.8, 4) is 0 Å².